The van der Waals surface area contributed by atoms with Gasteiger partial charge in [0.05, 0.1) is 11.8 Å². The zero-order chi connectivity index (χ0) is 28.1. The van der Waals surface area contributed by atoms with Crippen LogP contribution < -0.4 is 0 Å². The standard InChI is InChI=1S/C32H48N2O6/c35-27(36)25-15-13-23(21-9-3-1-4-10-21)19-31(25)29(39)33(31)17-7-8-18-34-30(40)32(34)20-24(14-16-26(32)28(37)38)22-11-5-2-6-12-22/h21-26H,1-20H2,(H,35,36)(H,37,38). The maximum Gasteiger partial charge on any atom is 0.309 e. The van der Waals surface area contributed by atoms with Crippen LogP contribution in [0.4, 0.5) is 0 Å². The second kappa shape index (κ2) is 10.9. The molecule has 6 rings (SSSR count). The van der Waals surface area contributed by atoms with Gasteiger partial charge < -0.3 is 20.0 Å². The summed E-state index contributed by atoms with van der Waals surface area (Å²) < 4.78 is 0. The molecule has 40 heavy (non-hydrogen) atoms. The molecule has 2 heterocycles. The molecule has 2 aliphatic heterocycles. The van der Waals surface area contributed by atoms with Crippen molar-refractivity contribution < 1.29 is 29.4 Å². The molecule has 2 N–H and O–H groups in total. The molecule has 6 atom stereocenters. The van der Waals surface area contributed by atoms with Crippen molar-refractivity contribution >= 4 is 23.8 Å². The van der Waals surface area contributed by atoms with Crippen molar-refractivity contribution in [1.29, 1.82) is 0 Å². The lowest BCUT2D eigenvalue weighted by Crippen LogP contribution is -2.43. The van der Waals surface area contributed by atoms with E-state index < -0.39 is 34.9 Å². The zero-order valence-electron chi connectivity index (χ0n) is 24.0. The third-order valence-corrected chi connectivity index (χ3v) is 12.3. The first-order valence-corrected chi connectivity index (χ1v) is 16.4. The number of hydrogen-bond donors (Lipinski definition) is 2. The van der Waals surface area contributed by atoms with Gasteiger partial charge >= 0.3 is 11.9 Å². The quantitative estimate of drug-likeness (QED) is 0.302. The van der Waals surface area contributed by atoms with E-state index in [9.17, 15) is 29.4 Å². The number of amides is 2. The van der Waals surface area contributed by atoms with E-state index in [1.54, 1.807) is 0 Å². The van der Waals surface area contributed by atoms with Gasteiger partial charge in [-0.1, -0.05) is 64.2 Å². The number of carbonyl (C=O) groups is 4. The van der Waals surface area contributed by atoms with Crippen molar-refractivity contribution in [3.8, 4) is 0 Å². The van der Waals surface area contributed by atoms with E-state index in [0.29, 0.717) is 75.3 Å². The fourth-order valence-electron chi connectivity index (χ4n) is 10.1. The third-order valence-electron chi connectivity index (χ3n) is 12.3. The van der Waals surface area contributed by atoms with Gasteiger partial charge in [-0.2, -0.15) is 0 Å². The van der Waals surface area contributed by atoms with Gasteiger partial charge in [0.2, 0.25) is 11.8 Å². The van der Waals surface area contributed by atoms with E-state index in [2.05, 4.69) is 0 Å². The Balaban J connectivity index is 1.05. The molecule has 0 radical (unpaired) electrons. The number of unbranched alkanes of at least 4 members (excludes halogenated alkanes) is 1. The van der Waals surface area contributed by atoms with Crippen LogP contribution in [0, 0.1) is 35.5 Å². The third kappa shape index (κ3) is 4.65. The number of carboxylic acids is 2. The van der Waals surface area contributed by atoms with Gasteiger partial charge in [-0.15, -0.1) is 0 Å². The molecule has 2 amide bonds. The summed E-state index contributed by atoms with van der Waals surface area (Å²) in [6.45, 7) is 1.06. The Morgan fingerprint density at radius 2 is 0.950 bits per heavy atom. The van der Waals surface area contributed by atoms with Crippen molar-refractivity contribution in [1.82, 2.24) is 9.80 Å². The van der Waals surface area contributed by atoms with Crippen molar-refractivity contribution in [2.75, 3.05) is 13.1 Å². The van der Waals surface area contributed by atoms with E-state index in [1.165, 1.54) is 64.2 Å². The van der Waals surface area contributed by atoms with Gasteiger partial charge in [0.25, 0.3) is 0 Å². The molecule has 0 aromatic rings. The molecule has 8 heteroatoms. The average Bonchev–Trinajstić information content (AvgIpc) is 3.74. The highest BCUT2D eigenvalue weighted by Gasteiger charge is 2.71. The van der Waals surface area contributed by atoms with E-state index in [4.69, 9.17) is 0 Å². The molecule has 0 aromatic carbocycles. The maximum absolute atomic E-state index is 13.2. The largest absolute Gasteiger partial charge is 0.481 e. The Morgan fingerprint density at radius 1 is 0.575 bits per heavy atom. The van der Waals surface area contributed by atoms with Crippen LogP contribution in [-0.2, 0) is 19.2 Å². The summed E-state index contributed by atoms with van der Waals surface area (Å²) in [4.78, 5) is 54.4. The van der Waals surface area contributed by atoms with Gasteiger partial charge in [0, 0.05) is 13.1 Å². The molecule has 4 aliphatic carbocycles. The average molecular weight is 557 g/mol. The minimum atomic E-state index is -0.848. The summed E-state index contributed by atoms with van der Waals surface area (Å²) >= 11 is 0. The van der Waals surface area contributed by atoms with Crippen molar-refractivity contribution in [2.45, 2.75) is 127 Å². The Morgan fingerprint density at radius 3 is 1.30 bits per heavy atom. The summed E-state index contributed by atoms with van der Waals surface area (Å²) in [5, 5.41) is 20.0. The van der Waals surface area contributed by atoms with Gasteiger partial charge in [-0.25, -0.2) is 0 Å². The molecule has 2 saturated heterocycles. The first-order valence-electron chi connectivity index (χ1n) is 16.4. The lowest BCUT2D eigenvalue weighted by molar-refractivity contribution is -0.147. The Kier molecular flexibility index (Phi) is 7.66. The highest BCUT2D eigenvalue weighted by Crippen LogP contribution is 2.56. The summed E-state index contributed by atoms with van der Waals surface area (Å²) in [5.41, 5.74) is -1.65. The summed E-state index contributed by atoms with van der Waals surface area (Å²) in [7, 11) is 0. The molecule has 2 spiro atoms. The van der Waals surface area contributed by atoms with Crippen molar-refractivity contribution in [3.05, 3.63) is 0 Å². The highest BCUT2D eigenvalue weighted by atomic mass is 16.4. The Bertz CT molecular complexity index is 939. The molecule has 222 valence electrons. The first-order chi connectivity index (χ1) is 19.3. The van der Waals surface area contributed by atoms with Gasteiger partial charge in [-0.3, -0.25) is 19.2 Å². The number of rotatable bonds is 9. The van der Waals surface area contributed by atoms with Gasteiger partial charge in [0.15, 0.2) is 0 Å². The maximum atomic E-state index is 13.2. The van der Waals surface area contributed by atoms with E-state index in [0.717, 1.165) is 12.8 Å². The lowest BCUT2D eigenvalue weighted by Gasteiger charge is -2.39. The van der Waals surface area contributed by atoms with Crippen LogP contribution in [0.25, 0.3) is 0 Å². The normalized spacial score (nSPS) is 38.7. The predicted octanol–water partition coefficient (Wildman–Crippen LogP) is 5.09. The fraction of sp³-hybridized carbons (Fsp3) is 0.875. The summed E-state index contributed by atoms with van der Waals surface area (Å²) in [5.74, 6) is -0.794. The SMILES string of the molecule is O=C(O)C1CCC(C2CCCCC2)CC12C(=O)N2CCCCN1C(=O)C12CC(C1CCCCC1)CCC2C(=O)O. The molecular formula is C32H48N2O6. The summed E-state index contributed by atoms with van der Waals surface area (Å²) in [6, 6.07) is 0. The number of carboxylic acid groups (broad SMARTS) is 2. The fourth-order valence-corrected chi connectivity index (χ4v) is 10.1. The van der Waals surface area contributed by atoms with Crippen LogP contribution in [0.15, 0.2) is 0 Å². The van der Waals surface area contributed by atoms with Crippen LogP contribution in [0.5, 0.6) is 0 Å². The van der Waals surface area contributed by atoms with Crippen LogP contribution in [0.3, 0.4) is 0 Å². The topological polar surface area (TPSA) is 115 Å². The number of nitrogens with zero attached hydrogens (tertiary/aromatic N) is 2. The molecular weight excluding hydrogens is 508 g/mol. The van der Waals surface area contributed by atoms with E-state index in [-0.39, 0.29) is 11.8 Å². The number of aliphatic carboxylic acids is 2. The van der Waals surface area contributed by atoms with Crippen molar-refractivity contribution in [3.63, 3.8) is 0 Å². The van der Waals surface area contributed by atoms with Crippen LogP contribution in [-0.4, -0.2) is 67.9 Å². The first kappa shape index (κ1) is 28.0. The highest BCUT2D eigenvalue weighted by molar-refractivity contribution is 6.06. The molecule has 4 saturated carbocycles. The minimum Gasteiger partial charge on any atom is -0.481 e. The smallest absolute Gasteiger partial charge is 0.309 e. The monoisotopic (exact) mass is 556 g/mol. The lowest BCUT2D eigenvalue weighted by atomic mass is 9.66. The number of carbonyl (C=O) groups excluding carboxylic acids is 2. The molecule has 0 bridgehead atoms. The molecule has 6 aliphatic rings. The second-order valence-corrected chi connectivity index (χ2v) is 14.1. The molecule has 6 unspecified atom stereocenters. The summed E-state index contributed by atoms with van der Waals surface area (Å²) in [6.07, 6.45) is 18.1. The zero-order valence-corrected chi connectivity index (χ0v) is 24.0. The minimum absolute atomic E-state index is 0.00762. The van der Waals surface area contributed by atoms with Crippen LogP contribution >= 0.6 is 0 Å². The van der Waals surface area contributed by atoms with Crippen LogP contribution in [0.2, 0.25) is 0 Å². The molecule has 0 aromatic heterocycles. The molecule has 6 fully saturated rings. The van der Waals surface area contributed by atoms with Crippen LogP contribution in [0.1, 0.15) is 116 Å². The van der Waals surface area contributed by atoms with E-state index in [1.807, 2.05) is 9.80 Å². The Labute approximate surface area is 238 Å². The van der Waals surface area contributed by atoms with Crippen molar-refractivity contribution in [2.24, 2.45) is 35.5 Å². The van der Waals surface area contributed by atoms with E-state index >= 15 is 0 Å². The Hall–Kier alpha value is -2.12. The number of hydrogen-bond acceptors (Lipinski definition) is 4. The second-order valence-electron chi connectivity index (χ2n) is 14.1. The van der Waals surface area contributed by atoms with Gasteiger partial charge in [0.1, 0.15) is 11.1 Å². The predicted molar refractivity (Wildman–Crippen MR) is 148 cm³/mol. The van der Waals surface area contributed by atoms with Gasteiger partial charge in [-0.05, 0) is 75.0 Å². The molecule has 8 nitrogen and oxygen atoms in total.